The Morgan fingerprint density at radius 3 is 2.00 bits per heavy atom. The third kappa shape index (κ3) is 5.39. The highest BCUT2D eigenvalue weighted by Crippen LogP contribution is 2.36. The number of ether oxygens (including phenoxy) is 2. The largest absolute Gasteiger partial charge is 0.423 e. The molecule has 0 aliphatic heterocycles. The van der Waals surface area contributed by atoms with Crippen molar-refractivity contribution in [2.24, 2.45) is 5.92 Å². The van der Waals surface area contributed by atoms with Gasteiger partial charge in [0.15, 0.2) is 0 Å². The fourth-order valence-corrected chi connectivity index (χ4v) is 4.31. The first-order valence-electron chi connectivity index (χ1n) is 10.8. The average Bonchev–Trinajstić information content (AvgIpc) is 2.81. The zero-order valence-electron chi connectivity index (χ0n) is 17.7. The molecule has 0 bridgehead atoms. The third-order valence-electron chi connectivity index (χ3n) is 6.11. The maximum Gasteiger partial charge on any atom is 0.343 e. The SMILES string of the molecule is COC[C@H]1CC[C@H](c2ccc(C(=O)Oc3ccc(-c4ccc(F)cc4)cc3)cc2)CC1. The molecule has 0 aromatic heterocycles. The Labute approximate surface area is 182 Å². The lowest BCUT2D eigenvalue weighted by Gasteiger charge is -2.28. The van der Waals surface area contributed by atoms with E-state index in [1.54, 1.807) is 31.4 Å². The molecule has 3 aromatic rings. The van der Waals surface area contributed by atoms with Crippen LogP contribution in [0.5, 0.6) is 5.75 Å². The average molecular weight is 419 g/mol. The van der Waals surface area contributed by atoms with Crippen LogP contribution in [0.25, 0.3) is 11.1 Å². The fourth-order valence-electron chi connectivity index (χ4n) is 4.31. The highest BCUT2D eigenvalue weighted by atomic mass is 19.1. The van der Waals surface area contributed by atoms with Crippen LogP contribution in [0.4, 0.5) is 4.39 Å². The highest BCUT2D eigenvalue weighted by molar-refractivity contribution is 5.91. The fraction of sp³-hybridized carbons (Fsp3) is 0.296. The molecule has 3 aromatic carbocycles. The summed E-state index contributed by atoms with van der Waals surface area (Å²) in [5, 5.41) is 0. The van der Waals surface area contributed by atoms with Gasteiger partial charge >= 0.3 is 5.97 Å². The summed E-state index contributed by atoms with van der Waals surface area (Å²) in [6.45, 7) is 0.850. The van der Waals surface area contributed by atoms with Crippen molar-refractivity contribution in [3.63, 3.8) is 0 Å². The normalized spacial score (nSPS) is 18.5. The molecule has 160 valence electrons. The van der Waals surface area contributed by atoms with Crippen LogP contribution in [0, 0.1) is 11.7 Å². The minimum absolute atomic E-state index is 0.265. The highest BCUT2D eigenvalue weighted by Gasteiger charge is 2.22. The van der Waals surface area contributed by atoms with Gasteiger partial charge in [-0.05, 0) is 90.6 Å². The summed E-state index contributed by atoms with van der Waals surface area (Å²) in [7, 11) is 1.77. The number of halogens is 1. The summed E-state index contributed by atoms with van der Waals surface area (Å²) >= 11 is 0. The van der Waals surface area contributed by atoms with E-state index in [9.17, 15) is 9.18 Å². The van der Waals surface area contributed by atoms with Crippen molar-refractivity contribution >= 4 is 5.97 Å². The van der Waals surface area contributed by atoms with E-state index in [0.29, 0.717) is 23.1 Å². The monoisotopic (exact) mass is 418 g/mol. The molecule has 1 fully saturated rings. The van der Waals surface area contributed by atoms with Gasteiger partial charge in [0.05, 0.1) is 5.56 Å². The Kier molecular flexibility index (Phi) is 6.78. The maximum absolute atomic E-state index is 13.1. The van der Waals surface area contributed by atoms with Crippen molar-refractivity contribution in [1.29, 1.82) is 0 Å². The van der Waals surface area contributed by atoms with E-state index in [2.05, 4.69) is 12.1 Å². The number of hydrogen-bond donors (Lipinski definition) is 0. The molecule has 3 nitrogen and oxygen atoms in total. The molecule has 1 saturated carbocycles. The maximum atomic E-state index is 13.1. The molecule has 0 amide bonds. The Hall–Kier alpha value is -2.98. The summed E-state index contributed by atoms with van der Waals surface area (Å²) in [6.07, 6.45) is 4.71. The standard InChI is InChI=1S/C27H27FO3/c1-30-18-19-2-4-20(5-3-19)21-6-8-24(9-7-21)27(29)31-26-16-12-23(13-17-26)22-10-14-25(28)15-11-22/h6-17,19-20H,2-5,18H2,1H3/t19-,20-. The van der Waals surface area contributed by atoms with Gasteiger partial charge in [0, 0.05) is 13.7 Å². The number of carbonyl (C=O) groups excluding carboxylic acids is 1. The van der Waals surface area contributed by atoms with Crippen LogP contribution >= 0.6 is 0 Å². The molecular weight excluding hydrogens is 391 g/mol. The molecule has 4 heteroatoms. The molecule has 0 heterocycles. The van der Waals surface area contributed by atoms with E-state index in [1.807, 2.05) is 24.3 Å². The first kappa shape index (κ1) is 21.3. The van der Waals surface area contributed by atoms with Gasteiger partial charge in [-0.25, -0.2) is 9.18 Å². The van der Waals surface area contributed by atoms with E-state index in [0.717, 1.165) is 30.6 Å². The number of benzene rings is 3. The summed E-state index contributed by atoms with van der Waals surface area (Å²) < 4.78 is 23.9. The third-order valence-corrected chi connectivity index (χ3v) is 6.11. The van der Waals surface area contributed by atoms with Gasteiger partial charge < -0.3 is 9.47 Å². The van der Waals surface area contributed by atoms with E-state index in [1.165, 1.54) is 30.5 Å². The molecular formula is C27H27FO3. The molecule has 31 heavy (non-hydrogen) atoms. The van der Waals surface area contributed by atoms with E-state index in [-0.39, 0.29) is 11.8 Å². The summed E-state index contributed by atoms with van der Waals surface area (Å²) in [5.74, 6) is 1.07. The predicted molar refractivity (Wildman–Crippen MR) is 120 cm³/mol. The molecule has 0 unspecified atom stereocenters. The lowest BCUT2D eigenvalue weighted by molar-refractivity contribution is 0.0734. The van der Waals surface area contributed by atoms with Crippen LogP contribution in [0.15, 0.2) is 72.8 Å². The van der Waals surface area contributed by atoms with Gasteiger partial charge in [0.1, 0.15) is 11.6 Å². The van der Waals surface area contributed by atoms with Crippen LogP contribution in [0.2, 0.25) is 0 Å². The van der Waals surface area contributed by atoms with Crippen molar-refractivity contribution in [3.8, 4) is 16.9 Å². The Morgan fingerprint density at radius 1 is 0.839 bits per heavy atom. The summed E-state index contributed by atoms with van der Waals surface area (Å²) in [5.41, 5.74) is 3.67. The smallest absolute Gasteiger partial charge is 0.343 e. The number of esters is 1. The van der Waals surface area contributed by atoms with Gasteiger partial charge in [-0.2, -0.15) is 0 Å². The molecule has 4 rings (SSSR count). The minimum Gasteiger partial charge on any atom is -0.423 e. The molecule has 0 radical (unpaired) electrons. The lowest BCUT2D eigenvalue weighted by atomic mass is 9.79. The Balaban J connectivity index is 1.35. The van der Waals surface area contributed by atoms with Gasteiger partial charge in [-0.1, -0.05) is 36.4 Å². The van der Waals surface area contributed by atoms with Crippen LogP contribution in [0.1, 0.15) is 47.5 Å². The zero-order chi connectivity index (χ0) is 21.6. The molecule has 1 aliphatic rings. The first-order chi connectivity index (χ1) is 15.1. The molecule has 0 N–H and O–H groups in total. The van der Waals surface area contributed by atoms with Gasteiger partial charge in [0.25, 0.3) is 0 Å². The number of carbonyl (C=O) groups is 1. The Morgan fingerprint density at radius 2 is 1.42 bits per heavy atom. The summed E-state index contributed by atoms with van der Waals surface area (Å²) in [4.78, 5) is 12.5. The van der Waals surface area contributed by atoms with E-state index < -0.39 is 0 Å². The van der Waals surface area contributed by atoms with Crippen molar-refractivity contribution < 1.29 is 18.7 Å². The summed E-state index contributed by atoms with van der Waals surface area (Å²) in [6, 6.07) is 21.3. The van der Waals surface area contributed by atoms with Crippen molar-refractivity contribution in [2.45, 2.75) is 31.6 Å². The number of methoxy groups -OCH3 is 1. The molecule has 0 saturated heterocycles. The topological polar surface area (TPSA) is 35.5 Å². The lowest BCUT2D eigenvalue weighted by Crippen LogP contribution is -2.17. The van der Waals surface area contributed by atoms with Crippen LogP contribution < -0.4 is 4.74 Å². The van der Waals surface area contributed by atoms with E-state index >= 15 is 0 Å². The number of rotatable bonds is 6. The van der Waals surface area contributed by atoms with Gasteiger partial charge in [-0.15, -0.1) is 0 Å². The first-order valence-corrected chi connectivity index (χ1v) is 10.8. The van der Waals surface area contributed by atoms with E-state index in [4.69, 9.17) is 9.47 Å². The van der Waals surface area contributed by atoms with Crippen LogP contribution in [-0.4, -0.2) is 19.7 Å². The van der Waals surface area contributed by atoms with Crippen LogP contribution in [0.3, 0.4) is 0 Å². The second-order valence-corrected chi connectivity index (χ2v) is 8.22. The van der Waals surface area contributed by atoms with Crippen molar-refractivity contribution in [1.82, 2.24) is 0 Å². The zero-order valence-corrected chi connectivity index (χ0v) is 17.7. The quantitative estimate of drug-likeness (QED) is 0.333. The van der Waals surface area contributed by atoms with Gasteiger partial charge in [-0.3, -0.25) is 0 Å². The Bertz CT molecular complexity index is 986. The minimum atomic E-state index is -0.370. The predicted octanol–water partition coefficient (Wildman–Crippen LogP) is 6.63. The molecule has 0 atom stereocenters. The molecule has 1 aliphatic carbocycles. The van der Waals surface area contributed by atoms with Gasteiger partial charge in [0.2, 0.25) is 0 Å². The van der Waals surface area contributed by atoms with Crippen molar-refractivity contribution in [2.75, 3.05) is 13.7 Å². The number of hydrogen-bond acceptors (Lipinski definition) is 3. The second-order valence-electron chi connectivity index (χ2n) is 8.22. The van der Waals surface area contributed by atoms with Crippen LogP contribution in [-0.2, 0) is 4.74 Å². The molecule has 0 spiro atoms. The second kappa shape index (κ2) is 9.88. The van der Waals surface area contributed by atoms with Crippen molar-refractivity contribution in [3.05, 3.63) is 89.7 Å².